The number of nitrogens with zero attached hydrogens (tertiary/aromatic N) is 3. The van der Waals surface area contributed by atoms with Gasteiger partial charge in [0.25, 0.3) is 0 Å². The number of anilines is 2. The fourth-order valence-corrected chi connectivity index (χ4v) is 3.39. The average Bonchev–Trinajstić information content (AvgIpc) is 2.62. The number of carbonyl (C=O) groups excluding carboxylic acids is 1. The highest BCUT2D eigenvalue weighted by Crippen LogP contribution is 2.16. The van der Waals surface area contributed by atoms with E-state index in [4.69, 9.17) is 5.14 Å². The number of sulfonamides is 1. The first kappa shape index (κ1) is 18.1. The zero-order chi connectivity index (χ0) is 18.6. The van der Waals surface area contributed by atoms with E-state index in [9.17, 15) is 13.2 Å². The zero-order valence-electron chi connectivity index (χ0n) is 14.0. The molecule has 2 heterocycles. The van der Waals surface area contributed by atoms with Gasteiger partial charge in [0.2, 0.25) is 16.0 Å². The first-order valence-electron chi connectivity index (χ1n) is 8.14. The number of primary sulfonamides is 1. The van der Waals surface area contributed by atoms with Crippen LogP contribution in [0.2, 0.25) is 0 Å². The van der Waals surface area contributed by atoms with Crippen molar-refractivity contribution in [1.82, 2.24) is 15.3 Å². The highest BCUT2D eigenvalue weighted by atomic mass is 32.2. The molecule has 0 radical (unpaired) electrons. The molecule has 2 amide bonds. The predicted octanol–water partition coefficient (Wildman–Crippen LogP) is 0.914. The summed E-state index contributed by atoms with van der Waals surface area (Å²) in [5, 5.41) is 10.6. The highest BCUT2D eigenvalue weighted by Gasteiger charge is 2.23. The molecular formula is C16H20N6O3S. The maximum Gasteiger partial charge on any atom is 0.319 e. The Balaban J connectivity index is 1.60. The highest BCUT2D eigenvalue weighted by molar-refractivity contribution is 7.89. The quantitative estimate of drug-likeness (QED) is 0.727. The minimum absolute atomic E-state index is 0.0552. The van der Waals surface area contributed by atoms with Crippen molar-refractivity contribution < 1.29 is 13.2 Å². The molecule has 10 heteroatoms. The van der Waals surface area contributed by atoms with Gasteiger partial charge in [0.15, 0.2) is 0 Å². The molecule has 0 spiro atoms. The lowest BCUT2D eigenvalue weighted by Crippen LogP contribution is -2.49. The van der Waals surface area contributed by atoms with E-state index in [1.54, 1.807) is 24.5 Å². The molecule has 1 aromatic heterocycles. The topological polar surface area (TPSA) is 130 Å². The van der Waals surface area contributed by atoms with Gasteiger partial charge in [-0.15, -0.1) is 0 Å². The van der Waals surface area contributed by atoms with Crippen LogP contribution < -0.4 is 20.7 Å². The van der Waals surface area contributed by atoms with Crippen molar-refractivity contribution in [1.29, 1.82) is 0 Å². The number of hydrogen-bond donors (Lipinski definition) is 3. The van der Waals surface area contributed by atoms with Crippen molar-refractivity contribution in [2.45, 2.75) is 23.8 Å². The summed E-state index contributed by atoms with van der Waals surface area (Å²) in [5.74, 6) is 0.639. The number of hydrogen-bond acceptors (Lipinski definition) is 6. The van der Waals surface area contributed by atoms with E-state index in [1.165, 1.54) is 18.2 Å². The molecule has 0 unspecified atom stereocenters. The number of piperidine rings is 1. The van der Waals surface area contributed by atoms with E-state index < -0.39 is 16.1 Å². The van der Waals surface area contributed by atoms with Crippen LogP contribution in [0.4, 0.5) is 16.4 Å². The van der Waals surface area contributed by atoms with Crippen molar-refractivity contribution in [3.63, 3.8) is 0 Å². The van der Waals surface area contributed by atoms with E-state index in [-0.39, 0.29) is 10.9 Å². The first-order chi connectivity index (χ1) is 12.4. The van der Waals surface area contributed by atoms with Crippen LogP contribution in [-0.2, 0) is 10.0 Å². The fourth-order valence-electron chi connectivity index (χ4n) is 2.83. The van der Waals surface area contributed by atoms with Gasteiger partial charge in [0.05, 0.1) is 4.90 Å². The molecule has 1 fully saturated rings. The predicted molar refractivity (Wildman–Crippen MR) is 97.2 cm³/mol. The summed E-state index contributed by atoms with van der Waals surface area (Å²) in [6.07, 6.45) is 5.12. The van der Waals surface area contributed by atoms with Gasteiger partial charge < -0.3 is 15.5 Å². The molecule has 9 nitrogen and oxygen atoms in total. The number of rotatable bonds is 4. The van der Waals surface area contributed by atoms with Gasteiger partial charge >= 0.3 is 6.03 Å². The molecule has 138 valence electrons. The van der Waals surface area contributed by atoms with Crippen molar-refractivity contribution >= 4 is 27.7 Å². The number of amides is 2. The summed E-state index contributed by atoms with van der Waals surface area (Å²) in [7, 11) is -3.82. The van der Waals surface area contributed by atoms with Crippen LogP contribution in [0.5, 0.6) is 0 Å². The van der Waals surface area contributed by atoms with Crippen molar-refractivity contribution in [2.75, 3.05) is 23.3 Å². The number of aromatic nitrogens is 2. The standard InChI is InChI=1S/C16H20N6O3S/c17-26(24,25)14-6-1-4-12(10-14)20-16(23)21-13-5-2-9-22(11-13)15-18-7-3-8-19-15/h1,3-4,6-8,10,13H,2,5,9,11H2,(H2,17,24,25)(H2,20,21,23)/t13-/m0/s1. The number of urea groups is 1. The van der Waals surface area contributed by atoms with Gasteiger partial charge in [0, 0.05) is 37.2 Å². The molecule has 1 atom stereocenters. The normalized spacial score (nSPS) is 17.6. The van der Waals surface area contributed by atoms with E-state index in [1.807, 2.05) is 4.90 Å². The second-order valence-electron chi connectivity index (χ2n) is 6.01. The van der Waals surface area contributed by atoms with E-state index >= 15 is 0 Å². The van der Waals surface area contributed by atoms with Crippen LogP contribution in [-0.4, -0.2) is 43.5 Å². The summed E-state index contributed by atoms with van der Waals surface area (Å²) < 4.78 is 22.8. The third kappa shape index (κ3) is 4.67. The molecule has 0 bridgehead atoms. The van der Waals surface area contributed by atoms with Gasteiger partial charge in [-0.25, -0.2) is 28.3 Å². The van der Waals surface area contributed by atoms with E-state index in [2.05, 4.69) is 20.6 Å². The molecule has 1 saturated heterocycles. The van der Waals surface area contributed by atoms with Crippen LogP contribution in [0.25, 0.3) is 0 Å². The maximum absolute atomic E-state index is 12.2. The average molecular weight is 376 g/mol. The molecule has 1 aromatic carbocycles. The van der Waals surface area contributed by atoms with Crippen LogP contribution in [0, 0.1) is 0 Å². The Hall–Kier alpha value is -2.72. The first-order valence-corrected chi connectivity index (χ1v) is 9.69. The Morgan fingerprint density at radius 1 is 1.23 bits per heavy atom. The monoisotopic (exact) mass is 376 g/mol. The van der Waals surface area contributed by atoms with Crippen LogP contribution in [0.15, 0.2) is 47.6 Å². The van der Waals surface area contributed by atoms with Gasteiger partial charge in [-0.3, -0.25) is 0 Å². The van der Waals surface area contributed by atoms with Crippen molar-refractivity contribution in [3.05, 3.63) is 42.7 Å². The number of nitrogens with two attached hydrogens (primary N) is 1. The summed E-state index contributed by atoms with van der Waals surface area (Å²) in [4.78, 5) is 22.7. The lowest BCUT2D eigenvalue weighted by atomic mass is 10.1. The van der Waals surface area contributed by atoms with Gasteiger partial charge in [-0.2, -0.15) is 0 Å². The molecular weight excluding hydrogens is 356 g/mol. The largest absolute Gasteiger partial charge is 0.339 e. The van der Waals surface area contributed by atoms with Gasteiger partial charge in [-0.1, -0.05) is 6.07 Å². The number of benzene rings is 1. The molecule has 1 aliphatic rings. The lowest BCUT2D eigenvalue weighted by Gasteiger charge is -2.33. The number of carbonyl (C=O) groups is 1. The second kappa shape index (κ2) is 7.67. The van der Waals surface area contributed by atoms with Crippen LogP contribution >= 0.6 is 0 Å². The fraction of sp³-hybridized carbons (Fsp3) is 0.312. The van der Waals surface area contributed by atoms with E-state index in [0.29, 0.717) is 18.2 Å². The second-order valence-corrected chi connectivity index (χ2v) is 7.57. The Labute approximate surface area is 151 Å². The molecule has 0 aliphatic carbocycles. The minimum Gasteiger partial charge on any atom is -0.339 e. The van der Waals surface area contributed by atoms with Crippen LogP contribution in [0.3, 0.4) is 0 Å². The number of nitrogens with one attached hydrogen (secondary N) is 2. The summed E-state index contributed by atoms with van der Waals surface area (Å²) in [6.45, 7) is 1.44. The van der Waals surface area contributed by atoms with Crippen molar-refractivity contribution in [2.24, 2.45) is 5.14 Å². The third-order valence-corrected chi connectivity index (χ3v) is 4.92. The molecule has 26 heavy (non-hydrogen) atoms. The Morgan fingerprint density at radius 3 is 2.73 bits per heavy atom. The molecule has 1 aliphatic heterocycles. The maximum atomic E-state index is 12.2. The van der Waals surface area contributed by atoms with Gasteiger partial charge in [-0.05, 0) is 37.1 Å². The van der Waals surface area contributed by atoms with Crippen molar-refractivity contribution in [3.8, 4) is 0 Å². The Kier molecular flexibility index (Phi) is 5.33. The Bertz CT molecular complexity index is 875. The van der Waals surface area contributed by atoms with Crippen LogP contribution in [0.1, 0.15) is 12.8 Å². The molecule has 4 N–H and O–H groups in total. The summed E-state index contributed by atoms with van der Waals surface area (Å²) in [6, 6.07) is 7.10. The zero-order valence-corrected chi connectivity index (χ0v) is 14.8. The summed E-state index contributed by atoms with van der Waals surface area (Å²) >= 11 is 0. The SMILES string of the molecule is NS(=O)(=O)c1cccc(NC(=O)N[C@H]2CCCN(c3ncccn3)C2)c1. The van der Waals surface area contributed by atoms with E-state index in [0.717, 1.165) is 19.4 Å². The lowest BCUT2D eigenvalue weighted by molar-refractivity contribution is 0.246. The smallest absolute Gasteiger partial charge is 0.319 e. The summed E-state index contributed by atoms with van der Waals surface area (Å²) in [5.41, 5.74) is 0.355. The molecule has 2 aromatic rings. The molecule has 0 saturated carbocycles. The van der Waals surface area contributed by atoms with Gasteiger partial charge in [0.1, 0.15) is 0 Å². The Morgan fingerprint density at radius 2 is 2.00 bits per heavy atom. The molecule has 3 rings (SSSR count). The minimum atomic E-state index is -3.82. The third-order valence-electron chi connectivity index (χ3n) is 4.01.